The summed E-state index contributed by atoms with van der Waals surface area (Å²) in [6.07, 6.45) is 1.45. The molecule has 0 aliphatic heterocycles. The van der Waals surface area contributed by atoms with Crippen LogP contribution in [0.3, 0.4) is 0 Å². The van der Waals surface area contributed by atoms with Crippen LogP contribution in [0, 0.1) is 11.3 Å². The third-order valence-corrected chi connectivity index (χ3v) is 4.07. The molecule has 0 fully saturated rings. The molecule has 6 heteroatoms. The lowest BCUT2D eigenvalue weighted by Crippen LogP contribution is -2.11. The largest absolute Gasteiger partial charge is 0.396 e. The van der Waals surface area contributed by atoms with Crippen LogP contribution in [0.15, 0.2) is 30.3 Å². The lowest BCUT2D eigenvalue weighted by molar-refractivity contribution is 0.281. The van der Waals surface area contributed by atoms with E-state index in [1.807, 2.05) is 30.3 Å². The first-order valence-corrected chi connectivity index (χ1v) is 7.39. The van der Waals surface area contributed by atoms with E-state index >= 15 is 0 Å². The predicted octanol–water partition coefficient (Wildman–Crippen LogP) is 3.59. The van der Waals surface area contributed by atoms with Crippen molar-refractivity contribution in [3.05, 3.63) is 46.6 Å². The number of rotatable bonds is 6. The van der Waals surface area contributed by atoms with Gasteiger partial charge in [-0.2, -0.15) is 9.64 Å². The summed E-state index contributed by atoms with van der Waals surface area (Å²) in [6, 6.07) is 12.0. The highest BCUT2D eigenvalue weighted by molar-refractivity contribution is 7.10. The van der Waals surface area contributed by atoms with Crippen molar-refractivity contribution in [1.82, 2.24) is 4.37 Å². The second kappa shape index (κ2) is 7.25. The number of anilines is 1. The average molecular weight is 308 g/mol. The van der Waals surface area contributed by atoms with Crippen molar-refractivity contribution in [2.45, 2.75) is 18.9 Å². The van der Waals surface area contributed by atoms with Gasteiger partial charge in [0.1, 0.15) is 16.6 Å². The van der Waals surface area contributed by atoms with Crippen LogP contribution in [0.5, 0.6) is 0 Å². The molecule has 0 saturated heterocycles. The highest BCUT2D eigenvalue weighted by atomic mass is 35.5. The Labute approximate surface area is 126 Å². The van der Waals surface area contributed by atoms with Crippen LogP contribution < -0.4 is 5.32 Å². The van der Waals surface area contributed by atoms with E-state index in [4.69, 9.17) is 22.0 Å². The van der Waals surface area contributed by atoms with E-state index in [1.54, 1.807) is 0 Å². The molecule has 20 heavy (non-hydrogen) atoms. The third kappa shape index (κ3) is 3.48. The summed E-state index contributed by atoms with van der Waals surface area (Å²) < 4.78 is 3.99. The molecule has 0 bridgehead atoms. The topological polar surface area (TPSA) is 68.9 Å². The van der Waals surface area contributed by atoms with E-state index in [-0.39, 0.29) is 17.8 Å². The quantitative estimate of drug-likeness (QED) is 0.855. The number of aliphatic hydroxyl groups is 1. The summed E-state index contributed by atoms with van der Waals surface area (Å²) in [6.45, 7) is 0.138. The van der Waals surface area contributed by atoms with Gasteiger partial charge < -0.3 is 10.4 Å². The number of benzene rings is 1. The predicted molar refractivity (Wildman–Crippen MR) is 81.0 cm³/mol. The molecule has 2 rings (SSSR count). The molecule has 4 nitrogen and oxygen atoms in total. The molecular formula is C14H14ClN3OS. The van der Waals surface area contributed by atoms with Gasteiger partial charge in [0.25, 0.3) is 0 Å². The molecular weight excluding hydrogens is 294 g/mol. The molecule has 0 radical (unpaired) electrons. The number of aromatic nitrogens is 1. The second-order valence-electron chi connectivity index (χ2n) is 4.26. The van der Waals surface area contributed by atoms with Crippen LogP contribution in [-0.4, -0.2) is 16.1 Å². The lowest BCUT2D eigenvalue weighted by Gasteiger charge is -2.19. The molecule has 1 unspecified atom stereocenters. The minimum absolute atomic E-state index is 0.0203. The summed E-state index contributed by atoms with van der Waals surface area (Å²) in [5.74, 6) is 0. The number of nitrogens with zero attached hydrogens (tertiary/aromatic N) is 2. The average Bonchev–Trinajstić information content (AvgIpc) is 2.84. The minimum Gasteiger partial charge on any atom is -0.396 e. The second-order valence-corrected chi connectivity index (χ2v) is 5.39. The van der Waals surface area contributed by atoms with Crippen LogP contribution >= 0.6 is 23.1 Å². The summed E-state index contributed by atoms with van der Waals surface area (Å²) in [7, 11) is 0. The Balaban J connectivity index is 2.22. The zero-order valence-electron chi connectivity index (χ0n) is 10.7. The maximum absolute atomic E-state index is 9.10. The van der Waals surface area contributed by atoms with Crippen molar-refractivity contribution in [3.63, 3.8) is 0 Å². The number of nitriles is 1. The van der Waals surface area contributed by atoms with Gasteiger partial charge in [0, 0.05) is 6.61 Å². The Morgan fingerprint density at radius 1 is 1.40 bits per heavy atom. The molecule has 0 saturated carbocycles. The first kappa shape index (κ1) is 14.8. The van der Waals surface area contributed by atoms with Gasteiger partial charge in [-0.05, 0) is 29.9 Å². The number of hydrogen-bond acceptors (Lipinski definition) is 5. The Morgan fingerprint density at radius 3 is 2.80 bits per heavy atom. The maximum atomic E-state index is 9.10. The lowest BCUT2D eigenvalue weighted by atomic mass is 10.0. The molecule has 1 atom stereocenters. The van der Waals surface area contributed by atoms with Gasteiger partial charge in [-0.15, -0.1) is 0 Å². The van der Waals surface area contributed by atoms with Crippen LogP contribution in [0.2, 0.25) is 5.15 Å². The van der Waals surface area contributed by atoms with Gasteiger partial charge in [-0.1, -0.05) is 41.9 Å². The van der Waals surface area contributed by atoms with Gasteiger partial charge in [0.2, 0.25) is 0 Å². The summed E-state index contributed by atoms with van der Waals surface area (Å²) >= 11 is 7.05. The molecule has 0 aliphatic carbocycles. The van der Waals surface area contributed by atoms with E-state index in [0.29, 0.717) is 17.0 Å². The molecule has 2 N–H and O–H groups in total. The van der Waals surface area contributed by atoms with Crippen molar-refractivity contribution in [3.8, 4) is 6.07 Å². The van der Waals surface area contributed by atoms with Gasteiger partial charge in [0.05, 0.1) is 6.04 Å². The normalized spacial score (nSPS) is 11.8. The summed E-state index contributed by atoms with van der Waals surface area (Å²) in [5.41, 5.74) is 1.48. The van der Waals surface area contributed by atoms with E-state index < -0.39 is 0 Å². The van der Waals surface area contributed by atoms with Crippen molar-refractivity contribution in [2.24, 2.45) is 0 Å². The van der Waals surface area contributed by atoms with Crippen LogP contribution in [0.25, 0.3) is 0 Å². The number of aliphatic hydroxyl groups excluding tert-OH is 1. The fourth-order valence-electron chi connectivity index (χ4n) is 1.93. The van der Waals surface area contributed by atoms with E-state index in [1.165, 1.54) is 11.5 Å². The zero-order valence-corrected chi connectivity index (χ0v) is 12.3. The summed E-state index contributed by atoms with van der Waals surface area (Å²) in [4.78, 5) is 0. The van der Waals surface area contributed by atoms with E-state index in [9.17, 15) is 0 Å². The number of halogens is 1. The minimum atomic E-state index is 0.0203. The van der Waals surface area contributed by atoms with Crippen LogP contribution in [0.4, 0.5) is 5.00 Å². The Morgan fingerprint density at radius 2 is 2.15 bits per heavy atom. The molecule has 1 aromatic carbocycles. The molecule has 2 aromatic rings. The fraction of sp³-hybridized carbons (Fsp3) is 0.286. The van der Waals surface area contributed by atoms with Crippen LogP contribution in [0.1, 0.15) is 30.0 Å². The molecule has 1 heterocycles. The first-order chi connectivity index (χ1) is 9.76. The summed E-state index contributed by atoms with van der Waals surface area (Å²) in [5, 5.41) is 22.3. The Kier molecular flexibility index (Phi) is 5.36. The highest BCUT2D eigenvalue weighted by Crippen LogP contribution is 2.32. The molecule has 0 amide bonds. The highest BCUT2D eigenvalue weighted by Gasteiger charge is 2.17. The maximum Gasteiger partial charge on any atom is 0.162 e. The fourth-order valence-corrected chi connectivity index (χ4v) is 2.91. The number of hydrogen-bond donors (Lipinski definition) is 2. The van der Waals surface area contributed by atoms with Crippen molar-refractivity contribution >= 4 is 28.1 Å². The van der Waals surface area contributed by atoms with E-state index in [2.05, 4.69) is 15.8 Å². The standard InChI is InChI=1S/C14H14ClN3OS/c15-13-11(9-16)14(20-18-13)17-12(7-4-8-19)10-5-2-1-3-6-10/h1-3,5-6,12,17,19H,4,7-8H2. The van der Waals surface area contributed by atoms with Gasteiger partial charge in [0.15, 0.2) is 5.15 Å². The first-order valence-electron chi connectivity index (χ1n) is 6.24. The van der Waals surface area contributed by atoms with Crippen molar-refractivity contribution < 1.29 is 5.11 Å². The third-order valence-electron chi connectivity index (χ3n) is 2.92. The Hall–Kier alpha value is -1.61. The Bertz CT molecular complexity index is 594. The van der Waals surface area contributed by atoms with Gasteiger partial charge >= 0.3 is 0 Å². The zero-order chi connectivity index (χ0) is 14.4. The molecule has 1 aromatic heterocycles. The van der Waals surface area contributed by atoms with Crippen LogP contribution in [-0.2, 0) is 0 Å². The van der Waals surface area contributed by atoms with Crippen molar-refractivity contribution in [1.29, 1.82) is 5.26 Å². The monoisotopic (exact) mass is 307 g/mol. The van der Waals surface area contributed by atoms with Crippen molar-refractivity contribution in [2.75, 3.05) is 11.9 Å². The SMILES string of the molecule is N#Cc1c(Cl)nsc1NC(CCCO)c1ccccc1. The van der Waals surface area contributed by atoms with Gasteiger partial charge in [-0.25, -0.2) is 0 Å². The van der Waals surface area contributed by atoms with Gasteiger partial charge in [-0.3, -0.25) is 0 Å². The molecule has 0 spiro atoms. The number of nitrogens with one attached hydrogen (secondary N) is 1. The molecule has 0 aliphatic rings. The molecule has 104 valence electrons. The van der Waals surface area contributed by atoms with E-state index in [0.717, 1.165) is 12.0 Å². The smallest absolute Gasteiger partial charge is 0.162 e.